The molecule has 1 aromatic rings. The molecule has 0 aliphatic rings. The van der Waals surface area contributed by atoms with Gasteiger partial charge >= 0.3 is 0 Å². The zero-order chi connectivity index (χ0) is 15.3. The number of thioether (sulfide) groups is 1. The van der Waals surface area contributed by atoms with Crippen LogP contribution in [0, 0.1) is 5.41 Å². The number of hydrogen-bond donors (Lipinski definition) is 0. The first-order chi connectivity index (χ1) is 9.38. The molecule has 4 heteroatoms. The van der Waals surface area contributed by atoms with Crippen molar-refractivity contribution >= 4 is 11.8 Å². The average molecular weight is 298 g/mol. The maximum Gasteiger partial charge on any atom is 0.130 e. The number of benzene rings is 1. The summed E-state index contributed by atoms with van der Waals surface area (Å²) >= 11 is 1.91. The zero-order valence-corrected chi connectivity index (χ0v) is 14.4. The monoisotopic (exact) mass is 298 g/mol. The number of hydrogen-bond acceptors (Lipinski definition) is 4. The second kappa shape index (κ2) is 7.11. The summed E-state index contributed by atoms with van der Waals surface area (Å²) < 4.78 is 16.5. The Morgan fingerprint density at radius 3 is 1.80 bits per heavy atom. The summed E-state index contributed by atoms with van der Waals surface area (Å²) in [5, 5.41) is 0.295. The Morgan fingerprint density at radius 1 is 1.00 bits per heavy atom. The quantitative estimate of drug-likeness (QED) is 0.770. The third-order valence-electron chi connectivity index (χ3n) is 3.14. The van der Waals surface area contributed by atoms with Gasteiger partial charge in [0.25, 0.3) is 0 Å². The van der Waals surface area contributed by atoms with Crippen LogP contribution in [0.25, 0.3) is 0 Å². The third kappa shape index (κ3) is 3.75. The molecule has 3 nitrogen and oxygen atoms in total. The molecule has 1 unspecified atom stereocenters. The molecule has 114 valence electrons. The van der Waals surface area contributed by atoms with Crippen LogP contribution in [-0.4, -0.2) is 27.1 Å². The van der Waals surface area contributed by atoms with Gasteiger partial charge in [-0.15, -0.1) is 0 Å². The van der Waals surface area contributed by atoms with Crippen LogP contribution in [0.5, 0.6) is 17.2 Å². The van der Waals surface area contributed by atoms with Crippen molar-refractivity contribution < 1.29 is 14.2 Å². The van der Waals surface area contributed by atoms with E-state index in [1.165, 1.54) is 0 Å². The zero-order valence-electron chi connectivity index (χ0n) is 13.6. The minimum Gasteiger partial charge on any atom is -0.496 e. The molecule has 0 amide bonds. The summed E-state index contributed by atoms with van der Waals surface area (Å²) in [6.07, 6.45) is 0. The van der Waals surface area contributed by atoms with E-state index in [9.17, 15) is 0 Å². The Hall–Kier alpha value is -1.03. The SMILES string of the molecule is CCSC(c1c(OC)cc(OC)cc1OC)C(C)(C)C. The van der Waals surface area contributed by atoms with E-state index in [1.54, 1.807) is 21.3 Å². The molecule has 1 aromatic carbocycles. The highest BCUT2D eigenvalue weighted by Gasteiger charge is 2.32. The predicted molar refractivity (Wildman–Crippen MR) is 86.4 cm³/mol. The second-order valence-corrected chi connectivity index (χ2v) is 7.03. The summed E-state index contributed by atoms with van der Waals surface area (Å²) in [6.45, 7) is 8.89. The topological polar surface area (TPSA) is 27.7 Å². The van der Waals surface area contributed by atoms with Gasteiger partial charge in [-0.05, 0) is 11.2 Å². The first kappa shape index (κ1) is 17.0. The standard InChI is InChI=1S/C16H26O3S/c1-8-20-15(16(2,3)4)14-12(18-6)9-11(17-5)10-13(14)19-7/h9-10,15H,8H2,1-7H3. The molecule has 0 aromatic heterocycles. The van der Waals surface area contributed by atoms with E-state index in [1.807, 2.05) is 23.9 Å². The Labute approximate surface area is 127 Å². The van der Waals surface area contributed by atoms with E-state index in [0.29, 0.717) is 5.25 Å². The molecule has 0 saturated heterocycles. The van der Waals surface area contributed by atoms with Crippen LogP contribution in [0.1, 0.15) is 38.5 Å². The minimum absolute atomic E-state index is 0.107. The van der Waals surface area contributed by atoms with Crippen molar-refractivity contribution in [3.05, 3.63) is 17.7 Å². The van der Waals surface area contributed by atoms with E-state index >= 15 is 0 Å². The smallest absolute Gasteiger partial charge is 0.130 e. The molecule has 0 fully saturated rings. The van der Waals surface area contributed by atoms with Crippen LogP contribution in [-0.2, 0) is 0 Å². The summed E-state index contributed by atoms with van der Waals surface area (Å²) in [6, 6.07) is 3.85. The predicted octanol–water partition coefficient (Wildman–Crippen LogP) is 4.55. The summed E-state index contributed by atoms with van der Waals surface area (Å²) in [4.78, 5) is 0. The maximum absolute atomic E-state index is 5.58. The molecule has 1 atom stereocenters. The lowest BCUT2D eigenvalue weighted by Gasteiger charge is -2.32. The van der Waals surface area contributed by atoms with Gasteiger partial charge in [-0.1, -0.05) is 27.7 Å². The van der Waals surface area contributed by atoms with E-state index in [-0.39, 0.29) is 5.41 Å². The molecule has 0 aliphatic carbocycles. The van der Waals surface area contributed by atoms with Crippen LogP contribution < -0.4 is 14.2 Å². The van der Waals surface area contributed by atoms with Gasteiger partial charge in [0.1, 0.15) is 17.2 Å². The van der Waals surface area contributed by atoms with E-state index in [2.05, 4.69) is 27.7 Å². The molecule has 20 heavy (non-hydrogen) atoms. The molecule has 0 N–H and O–H groups in total. The first-order valence-electron chi connectivity index (χ1n) is 6.80. The Bertz CT molecular complexity index is 413. The average Bonchev–Trinajstić information content (AvgIpc) is 2.42. The molecule has 0 heterocycles. The van der Waals surface area contributed by atoms with Gasteiger partial charge in [0.2, 0.25) is 0 Å². The highest BCUT2D eigenvalue weighted by Crippen LogP contribution is 2.51. The van der Waals surface area contributed by atoms with Gasteiger partial charge in [0.15, 0.2) is 0 Å². The van der Waals surface area contributed by atoms with Crippen molar-refractivity contribution in [2.45, 2.75) is 32.9 Å². The van der Waals surface area contributed by atoms with Gasteiger partial charge in [-0.25, -0.2) is 0 Å². The van der Waals surface area contributed by atoms with E-state index in [4.69, 9.17) is 14.2 Å². The van der Waals surface area contributed by atoms with Crippen LogP contribution in [0.3, 0.4) is 0 Å². The molecule has 0 saturated carbocycles. The molecule has 0 radical (unpaired) electrons. The van der Waals surface area contributed by atoms with Gasteiger partial charge in [0.05, 0.1) is 21.3 Å². The van der Waals surface area contributed by atoms with Gasteiger partial charge in [0, 0.05) is 22.9 Å². The first-order valence-corrected chi connectivity index (χ1v) is 7.85. The molecular weight excluding hydrogens is 272 g/mol. The lowest BCUT2D eigenvalue weighted by molar-refractivity contribution is 0.343. The Kier molecular flexibility index (Phi) is 6.06. The van der Waals surface area contributed by atoms with Gasteiger partial charge in [-0.2, -0.15) is 11.8 Å². The van der Waals surface area contributed by atoms with Crippen LogP contribution in [0.4, 0.5) is 0 Å². The third-order valence-corrected chi connectivity index (χ3v) is 4.74. The largest absolute Gasteiger partial charge is 0.496 e. The molecule has 0 bridgehead atoms. The number of ether oxygens (including phenoxy) is 3. The van der Waals surface area contributed by atoms with Gasteiger partial charge < -0.3 is 14.2 Å². The molecule has 1 rings (SSSR count). The molecular formula is C16H26O3S. The van der Waals surface area contributed by atoms with Crippen molar-refractivity contribution in [2.75, 3.05) is 27.1 Å². The Balaban J connectivity index is 3.45. The normalized spacial score (nSPS) is 12.9. The summed E-state index contributed by atoms with van der Waals surface area (Å²) in [7, 11) is 5.03. The lowest BCUT2D eigenvalue weighted by Crippen LogP contribution is -2.17. The second-order valence-electron chi connectivity index (χ2n) is 5.65. The number of methoxy groups -OCH3 is 3. The van der Waals surface area contributed by atoms with Crippen molar-refractivity contribution in [3.63, 3.8) is 0 Å². The molecule has 0 spiro atoms. The summed E-state index contributed by atoms with van der Waals surface area (Å²) in [5.41, 5.74) is 1.21. The maximum atomic E-state index is 5.58. The lowest BCUT2D eigenvalue weighted by atomic mass is 9.86. The number of rotatable bonds is 6. The Morgan fingerprint density at radius 2 is 1.50 bits per heavy atom. The summed E-state index contributed by atoms with van der Waals surface area (Å²) in [5.74, 6) is 3.43. The highest BCUT2D eigenvalue weighted by molar-refractivity contribution is 7.99. The van der Waals surface area contributed by atoms with E-state index in [0.717, 1.165) is 28.6 Å². The van der Waals surface area contributed by atoms with Crippen LogP contribution >= 0.6 is 11.8 Å². The van der Waals surface area contributed by atoms with Crippen LogP contribution in [0.2, 0.25) is 0 Å². The van der Waals surface area contributed by atoms with Crippen molar-refractivity contribution in [3.8, 4) is 17.2 Å². The van der Waals surface area contributed by atoms with Crippen molar-refractivity contribution in [2.24, 2.45) is 5.41 Å². The molecule has 0 aliphatic heterocycles. The van der Waals surface area contributed by atoms with E-state index < -0.39 is 0 Å². The fourth-order valence-electron chi connectivity index (χ4n) is 2.22. The van der Waals surface area contributed by atoms with Crippen molar-refractivity contribution in [1.29, 1.82) is 0 Å². The van der Waals surface area contributed by atoms with Gasteiger partial charge in [-0.3, -0.25) is 0 Å². The van der Waals surface area contributed by atoms with Crippen LogP contribution in [0.15, 0.2) is 12.1 Å². The highest BCUT2D eigenvalue weighted by atomic mass is 32.2. The fraction of sp³-hybridized carbons (Fsp3) is 0.625. The fourth-order valence-corrected chi connectivity index (χ4v) is 3.46. The van der Waals surface area contributed by atoms with Crippen molar-refractivity contribution in [1.82, 2.24) is 0 Å². The minimum atomic E-state index is 0.107.